The summed E-state index contributed by atoms with van der Waals surface area (Å²) >= 11 is 0. The van der Waals surface area contributed by atoms with Crippen LogP contribution in [0.1, 0.15) is 0 Å². The predicted octanol–water partition coefficient (Wildman–Crippen LogP) is -2.59. The molecule has 0 aliphatic rings. The molecule has 0 bridgehead atoms. The van der Waals surface area contributed by atoms with Crippen LogP contribution in [-0.2, 0) is 4.57 Å². The van der Waals surface area contributed by atoms with Crippen LogP contribution < -0.4 is 5.32 Å². The minimum atomic E-state index is -3.92. The van der Waals surface area contributed by atoms with E-state index in [0.717, 1.165) is 0 Å². The molecule has 0 amide bonds. The molecule has 0 rings (SSSR count). The number of aliphatic hydroxyl groups is 1. The van der Waals surface area contributed by atoms with Crippen LogP contribution in [0.5, 0.6) is 0 Å². The Morgan fingerprint density at radius 1 is 1.27 bits per heavy atom. The quantitative estimate of drug-likeness (QED) is 0.228. The van der Waals surface area contributed by atoms with Crippen LogP contribution in [0, 0.1) is 0 Å². The Bertz CT molecular complexity index is 118. The average Bonchev–Trinajstić information content (AvgIpc) is 1.63. The van der Waals surface area contributed by atoms with Gasteiger partial charge in [0, 0.05) is 6.54 Å². The first kappa shape index (κ1) is 18.8. The van der Waals surface area contributed by atoms with Crippen LogP contribution in [-0.4, -0.2) is 93.4 Å². The first-order valence-corrected chi connectivity index (χ1v) is 4.22. The summed E-state index contributed by atoms with van der Waals surface area (Å²) in [5.74, 6) is 0. The number of hydrogen-bond donors (Lipinski definition) is 4. The van der Waals surface area contributed by atoms with E-state index in [1.54, 1.807) is 0 Å². The van der Waals surface area contributed by atoms with Crippen molar-refractivity contribution >= 4 is 66.7 Å². The van der Waals surface area contributed by atoms with Crippen molar-refractivity contribution in [2.75, 3.05) is 19.4 Å². The second-order valence-corrected chi connectivity index (χ2v) is 3.19. The van der Waals surface area contributed by atoms with E-state index in [9.17, 15) is 4.57 Å². The Balaban J connectivity index is -0.000000320. The van der Waals surface area contributed by atoms with Gasteiger partial charge in [-0.25, -0.2) is 0 Å². The van der Waals surface area contributed by atoms with Gasteiger partial charge in [0.25, 0.3) is 0 Å². The first-order valence-electron chi connectivity index (χ1n) is 2.42. The molecule has 11 heavy (non-hydrogen) atoms. The van der Waals surface area contributed by atoms with Crippen LogP contribution in [0.25, 0.3) is 0 Å². The Morgan fingerprint density at radius 2 is 1.73 bits per heavy atom. The van der Waals surface area contributed by atoms with Crippen LogP contribution in [0.2, 0.25) is 0 Å². The van der Waals surface area contributed by atoms with E-state index in [4.69, 9.17) is 14.9 Å². The molecule has 0 aromatic rings. The van der Waals surface area contributed by atoms with Gasteiger partial charge in [-0.1, -0.05) is 0 Å². The van der Waals surface area contributed by atoms with Crippen molar-refractivity contribution < 1.29 is 19.5 Å². The Hall–Kier alpha value is 2.07. The molecular weight excluding hydrogens is 191 g/mol. The molecule has 60 valence electrons. The van der Waals surface area contributed by atoms with Gasteiger partial charge in [-0.3, -0.25) is 4.57 Å². The number of rotatable bonds is 4. The second kappa shape index (κ2) is 10.2. The molecular formula is C3H12NNa2O4P. The summed E-state index contributed by atoms with van der Waals surface area (Å²) in [6, 6.07) is 0. The molecule has 0 saturated heterocycles. The molecule has 0 unspecified atom stereocenters. The standard InChI is InChI=1S/C3H10NO4P.2Na.2H/c5-2-1-4-3-9(6,7)8;;;;/h4-5H,1-3H2,(H2,6,7,8);;;;. The number of aliphatic hydroxyl groups excluding tert-OH is 1. The van der Waals surface area contributed by atoms with Crippen LogP contribution in [0.3, 0.4) is 0 Å². The van der Waals surface area contributed by atoms with Crippen LogP contribution >= 0.6 is 7.60 Å². The fourth-order valence-corrected chi connectivity index (χ4v) is 0.753. The fraction of sp³-hybridized carbons (Fsp3) is 1.00. The summed E-state index contributed by atoms with van der Waals surface area (Å²) in [6.45, 7) is 0.102. The molecule has 0 atom stereocenters. The molecule has 0 aromatic heterocycles. The van der Waals surface area contributed by atoms with E-state index in [-0.39, 0.29) is 78.6 Å². The monoisotopic (exact) mass is 203 g/mol. The summed E-state index contributed by atoms with van der Waals surface area (Å²) in [5.41, 5.74) is 0. The molecule has 5 nitrogen and oxygen atoms in total. The molecule has 4 N–H and O–H groups in total. The van der Waals surface area contributed by atoms with E-state index in [0.29, 0.717) is 0 Å². The van der Waals surface area contributed by atoms with E-state index in [1.807, 2.05) is 0 Å². The van der Waals surface area contributed by atoms with Crippen molar-refractivity contribution in [3.8, 4) is 0 Å². The van der Waals surface area contributed by atoms with E-state index >= 15 is 0 Å². The van der Waals surface area contributed by atoms with Crippen molar-refractivity contribution in [3.05, 3.63) is 0 Å². The van der Waals surface area contributed by atoms with Gasteiger partial charge >= 0.3 is 66.7 Å². The SMILES string of the molecule is O=P(O)(O)CNCCO.[NaH].[NaH]. The van der Waals surface area contributed by atoms with Gasteiger partial charge in [-0.05, 0) is 0 Å². The normalized spacial score (nSPS) is 9.73. The van der Waals surface area contributed by atoms with Crippen molar-refractivity contribution in [1.29, 1.82) is 0 Å². The average molecular weight is 203 g/mol. The molecule has 0 aliphatic carbocycles. The summed E-state index contributed by atoms with van der Waals surface area (Å²) in [5, 5.41) is 10.5. The van der Waals surface area contributed by atoms with Crippen LogP contribution in [0.15, 0.2) is 0 Å². The van der Waals surface area contributed by atoms with Gasteiger partial charge in [-0.2, -0.15) is 0 Å². The van der Waals surface area contributed by atoms with Gasteiger partial charge < -0.3 is 20.2 Å². The third-order valence-electron chi connectivity index (χ3n) is 0.606. The molecule has 0 aliphatic heterocycles. The predicted molar refractivity (Wildman–Crippen MR) is 46.3 cm³/mol. The summed E-state index contributed by atoms with van der Waals surface area (Å²) < 4.78 is 10.1. The molecule has 0 heterocycles. The van der Waals surface area contributed by atoms with E-state index in [2.05, 4.69) is 5.32 Å². The molecule has 0 aromatic carbocycles. The molecule has 8 heteroatoms. The fourth-order valence-electron chi connectivity index (χ4n) is 0.304. The second-order valence-electron chi connectivity index (χ2n) is 1.55. The molecule has 0 radical (unpaired) electrons. The van der Waals surface area contributed by atoms with Gasteiger partial charge in [0.2, 0.25) is 0 Å². The zero-order chi connectivity index (χ0) is 7.33. The van der Waals surface area contributed by atoms with Crippen LogP contribution in [0.4, 0.5) is 0 Å². The summed E-state index contributed by atoms with van der Waals surface area (Å²) in [4.78, 5) is 16.4. The van der Waals surface area contributed by atoms with Gasteiger partial charge in [-0.15, -0.1) is 0 Å². The number of hydrogen-bond acceptors (Lipinski definition) is 3. The van der Waals surface area contributed by atoms with Crippen molar-refractivity contribution in [1.82, 2.24) is 5.32 Å². The van der Waals surface area contributed by atoms with Crippen molar-refractivity contribution in [3.63, 3.8) is 0 Å². The Morgan fingerprint density at radius 3 is 2.00 bits per heavy atom. The van der Waals surface area contributed by atoms with E-state index in [1.165, 1.54) is 0 Å². The third kappa shape index (κ3) is 18.8. The number of nitrogens with one attached hydrogen (secondary N) is 1. The van der Waals surface area contributed by atoms with Crippen molar-refractivity contribution in [2.45, 2.75) is 0 Å². The maximum absolute atomic E-state index is 10.1. The van der Waals surface area contributed by atoms with Gasteiger partial charge in [0.05, 0.1) is 12.9 Å². The summed E-state index contributed by atoms with van der Waals surface area (Å²) in [7, 11) is -3.92. The molecule has 0 spiro atoms. The minimum absolute atomic E-state index is 0. The Labute approximate surface area is 110 Å². The maximum atomic E-state index is 10.1. The summed E-state index contributed by atoms with van der Waals surface area (Å²) in [6.07, 6.45) is -0.367. The molecule has 0 fully saturated rings. The van der Waals surface area contributed by atoms with E-state index < -0.39 is 7.60 Å². The topological polar surface area (TPSA) is 89.8 Å². The zero-order valence-electron chi connectivity index (χ0n) is 4.82. The third-order valence-corrected chi connectivity index (χ3v) is 1.24. The first-order chi connectivity index (χ1) is 4.06. The molecule has 0 saturated carbocycles. The van der Waals surface area contributed by atoms with Gasteiger partial charge in [0.1, 0.15) is 0 Å². The Kier molecular flexibility index (Phi) is 17.3. The van der Waals surface area contributed by atoms with Crippen molar-refractivity contribution in [2.24, 2.45) is 0 Å². The zero-order valence-corrected chi connectivity index (χ0v) is 5.71. The van der Waals surface area contributed by atoms with Gasteiger partial charge in [0.15, 0.2) is 0 Å².